The topological polar surface area (TPSA) is 88.5 Å². The number of sulfonamides is 1. The van der Waals surface area contributed by atoms with Crippen LogP contribution in [0, 0.1) is 0 Å². The average molecular weight is 429 g/mol. The summed E-state index contributed by atoms with van der Waals surface area (Å²) < 4.78 is 65.7. The molecule has 0 spiro atoms. The molecule has 1 aliphatic heterocycles. The predicted octanol–water partition coefficient (Wildman–Crippen LogP) is 2.29. The van der Waals surface area contributed by atoms with Crippen LogP contribution in [-0.4, -0.2) is 36.3 Å². The molecule has 1 fully saturated rings. The maximum Gasteiger partial charge on any atom is 0.416 e. The highest BCUT2D eigenvalue weighted by atomic mass is 32.2. The second-order valence-corrected chi connectivity index (χ2v) is 8.51. The lowest BCUT2D eigenvalue weighted by Gasteiger charge is -2.16. The highest BCUT2D eigenvalue weighted by Gasteiger charge is 2.30. The number of halogens is 3. The molecule has 1 aliphatic rings. The van der Waals surface area contributed by atoms with E-state index < -0.39 is 39.8 Å². The van der Waals surface area contributed by atoms with Gasteiger partial charge in [0.15, 0.2) is 0 Å². The van der Waals surface area contributed by atoms with Gasteiger partial charge in [0.25, 0.3) is 5.56 Å². The zero-order chi connectivity index (χ0) is 21.2. The number of nitrogens with zero attached hydrogens (tertiary/aromatic N) is 2. The van der Waals surface area contributed by atoms with E-state index in [9.17, 15) is 31.2 Å². The summed E-state index contributed by atoms with van der Waals surface area (Å²) in [5.41, 5.74) is -1.62. The van der Waals surface area contributed by atoms with Crippen LogP contribution in [-0.2, 0) is 27.5 Å². The summed E-state index contributed by atoms with van der Waals surface area (Å²) in [5.74, 6) is -0.762. The van der Waals surface area contributed by atoms with Gasteiger partial charge in [-0.3, -0.25) is 9.59 Å². The maximum atomic E-state index is 12.8. The summed E-state index contributed by atoms with van der Waals surface area (Å²) in [6.45, 7) is 0.230. The van der Waals surface area contributed by atoms with Crippen molar-refractivity contribution >= 4 is 21.6 Å². The summed E-state index contributed by atoms with van der Waals surface area (Å²) in [5, 5.41) is 2.28. The van der Waals surface area contributed by atoms with E-state index in [4.69, 9.17) is 0 Å². The first-order valence-electron chi connectivity index (χ1n) is 8.75. The van der Waals surface area contributed by atoms with Crippen molar-refractivity contribution in [3.05, 3.63) is 58.5 Å². The highest BCUT2D eigenvalue weighted by molar-refractivity contribution is 7.89. The fourth-order valence-electron chi connectivity index (χ4n) is 2.99. The fourth-order valence-corrected chi connectivity index (χ4v) is 4.53. The van der Waals surface area contributed by atoms with E-state index in [1.54, 1.807) is 0 Å². The van der Waals surface area contributed by atoms with Gasteiger partial charge in [0, 0.05) is 31.0 Å². The Hall–Kier alpha value is -2.66. The molecule has 1 aromatic carbocycles. The second kappa shape index (κ2) is 7.99. The van der Waals surface area contributed by atoms with Crippen molar-refractivity contribution in [2.45, 2.75) is 30.5 Å². The van der Waals surface area contributed by atoms with E-state index in [0.29, 0.717) is 13.1 Å². The molecule has 3 rings (SSSR count). The molecule has 11 heteroatoms. The molecule has 156 valence electrons. The van der Waals surface area contributed by atoms with Crippen molar-refractivity contribution in [1.82, 2.24) is 8.87 Å². The Labute approximate surface area is 164 Å². The number of benzene rings is 1. The Bertz CT molecular complexity index is 1070. The third kappa shape index (κ3) is 4.85. The van der Waals surface area contributed by atoms with Crippen molar-refractivity contribution in [2.24, 2.45) is 0 Å². The van der Waals surface area contributed by atoms with Crippen LogP contribution in [0.25, 0.3) is 0 Å². The summed E-state index contributed by atoms with van der Waals surface area (Å²) in [4.78, 5) is 24.1. The summed E-state index contributed by atoms with van der Waals surface area (Å²) >= 11 is 0. The molecule has 1 saturated heterocycles. The van der Waals surface area contributed by atoms with E-state index >= 15 is 0 Å². The molecule has 0 bridgehead atoms. The lowest BCUT2D eigenvalue weighted by molar-refractivity contribution is -0.137. The van der Waals surface area contributed by atoms with Crippen molar-refractivity contribution in [3.63, 3.8) is 0 Å². The number of hydrogen-bond donors (Lipinski definition) is 1. The fraction of sp³-hybridized carbons (Fsp3) is 0.333. The van der Waals surface area contributed by atoms with E-state index in [0.717, 1.165) is 47.9 Å². The summed E-state index contributed by atoms with van der Waals surface area (Å²) in [6, 6.07) is 6.29. The number of amides is 1. The third-order valence-corrected chi connectivity index (χ3v) is 6.33. The van der Waals surface area contributed by atoms with Crippen LogP contribution in [0.15, 0.2) is 52.3 Å². The Morgan fingerprint density at radius 1 is 1.10 bits per heavy atom. The molecule has 1 aromatic heterocycles. The Balaban J connectivity index is 1.78. The van der Waals surface area contributed by atoms with Gasteiger partial charge in [-0.25, -0.2) is 8.42 Å². The molecule has 29 heavy (non-hydrogen) atoms. The Morgan fingerprint density at radius 2 is 1.79 bits per heavy atom. The van der Waals surface area contributed by atoms with Crippen LogP contribution in [0.1, 0.15) is 18.4 Å². The minimum atomic E-state index is -4.56. The molecular formula is C18H18F3N3O4S. The largest absolute Gasteiger partial charge is 0.416 e. The molecule has 0 radical (unpaired) electrons. The van der Waals surface area contributed by atoms with Crippen LogP contribution in [0.3, 0.4) is 0 Å². The minimum absolute atomic E-state index is 0.0845. The van der Waals surface area contributed by atoms with Crippen LogP contribution < -0.4 is 10.9 Å². The first kappa shape index (κ1) is 21.1. The minimum Gasteiger partial charge on any atom is -0.325 e. The van der Waals surface area contributed by atoms with Gasteiger partial charge in [0.05, 0.1) is 10.5 Å². The number of hydrogen-bond acceptors (Lipinski definition) is 4. The van der Waals surface area contributed by atoms with Gasteiger partial charge in [0.1, 0.15) is 6.54 Å². The first-order chi connectivity index (χ1) is 13.6. The maximum absolute atomic E-state index is 12.8. The standard InChI is InChI=1S/C18H18F3N3O4S/c19-18(20,21)13-4-3-5-14(10-13)22-16(25)12-23-11-15(6-7-17(23)26)29(27,28)24-8-1-2-9-24/h3-7,10-11H,1-2,8-9,12H2,(H,22,25). The smallest absolute Gasteiger partial charge is 0.325 e. The highest BCUT2D eigenvalue weighted by Crippen LogP contribution is 2.30. The van der Waals surface area contributed by atoms with Gasteiger partial charge in [-0.05, 0) is 37.1 Å². The monoisotopic (exact) mass is 429 g/mol. The van der Waals surface area contributed by atoms with Crippen molar-refractivity contribution in [3.8, 4) is 0 Å². The Kier molecular flexibility index (Phi) is 5.80. The van der Waals surface area contributed by atoms with Crippen LogP contribution in [0.5, 0.6) is 0 Å². The number of aromatic nitrogens is 1. The van der Waals surface area contributed by atoms with Crippen molar-refractivity contribution in [1.29, 1.82) is 0 Å². The average Bonchev–Trinajstić information content (AvgIpc) is 3.18. The van der Waals surface area contributed by atoms with Crippen LogP contribution >= 0.6 is 0 Å². The van der Waals surface area contributed by atoms with Crippen LogP contribution in [0.4, 0.5) is 18.9 Å². The van der Waals surface area contributed by atoms with Gasteiger partial charge >= 0.3 is 6.18 Å². The lowest BCUT2D eigenvalue weighted by atomic mass is 10.2. The molecule has 0 aliphatic carbocycles. The van der Waals surface area contributed by atoms with Gasteiger partial charge in [-0.15, -0.1) is 0 Å². The summed E-state index contributed by atoms with van der Waals surface area (Å²) in [6.07, 6.45) is -1.99. The zero-order valence-corrected chi connectivity index (χ0v) is 16.0. The molecule has 2 heterocycles. The normalized spacial score (nSPS) is 15.4. The van der Waals surface area contributed by atoms with E-state index in [1.165, 1.54) is 16.4 Å². The number of carbonyl (C=O) groups is 1. The molecule has 0 atom stereocenters. The molecule has 7 nitrogen and oxygen atoms in total. The molecule has 0 saturated carbocycles. The Morgan fingerprint density at radius 3 is 2.45 bits per heavy atom. The predicted molar refractivity (Wildman–Crippen MR) is 98.8 cm³/mol. The van der Waals surface area contributed by atoms with Crippen LogP contribution in [0.2, 0.25) is 0 Å². The third-order valence-electron chi connectivity index (χ3n) is 4.45. The summed E-state index contributed by atoms with van der Waals surface area (Å²) in [7, 11) is -3.78. The van der Waals surface area contributed by atoms with Gasteiger partial charge < -0.3 is 9.88 Å². The number of alkyl halides is 3. The SMILES string of the molecule is O=C(Cn1cc(S(=O)(=O)N2CCCC2)ccc1=O)Nc1cccc(C(F)(F)F)c1. The van der Waals surface area contributed by atoms with E-state index in [2.05, 4.69) is 5.32 Å². The number of anilines is 1. The quantitative estimate of drug-likeness (QED) is 0.790. The second-order valence-electron chi connectivity index (χ2n) is 6.57. The molecular weight excluding hydrogens is 411 g/mol. The van der Waals surface area contributed by atoms with E-state index in [-0.39, 0.29) is 10.6 Å². The number of pyridine rings is 1. The van der Waals surface area contributed by atoms with Gasteiger partial charge in [-0.1, -0.05) is 6.07 Å². The molecule has 1 amide bonds. The van der Waals surface area contributed by atoms with Crippen molar-refractivity contribution in [2.75, 3.05) is 18.4 Å². The van der Waals surface area contributed by atoms with Crippen molar-refractivity contribution < 1.29 is 26.4 Å². The van der Waals surface area contributed by atoms with Gasteiger partial charge in [0.2, 0.25) is 15.9 Å². The van der Waals surface area contributed by atoms with E-state index in [1.807, 2.05) is 0 Å². The zero-order valence-electron chi connectivity index (χ0n) is 15.1. The molecule has 1 N–H and O–H groups in total. The first-order valence-corrected chi connectivity index (χ1v) is 10.2. The number of carbonyl (C=O) groups excluding carboxylic acids is 1. The number of nitrogens with one attached hydrogen (secondary N) is 1. The molecule has 2 aromatic rings. The molecule has 0 unspecified atom stereocenters. The number of rotatable bonds is 5. The van der Waals surface area contributed by atoms with Gasteiger partial charge in [-0.2, -0.15) is 17.5 Å². The lowest BCUT2D eigenvalue weighted by Crippen LogP contribution is -2.31.